The van der Waals surface area contributed by atoms with Gasteiger partial charge in [-0.1, -0.05) is 6.07 Å². The van der Waals surface area contributed by atoms with Crippen molar-refractivity contribution in [3.05, 3.63) is 42.2 Å². The summed E-state index contributed by atoms with van der Waals surface area (Å²) in [6.07, 6.45) is 4.83. The third kappa shape index (κ3) is 2.09. The standard InChI is InChI=1S/C11H10N2O2S/c1-16-10-4-2-3-9(5-10)13-7-8(6-12-13)11(14)15/h2-7H,1H3,(H,14,15). The highest BCUT2D eigenvalue weighted by Crippen LogP contribution is 2.18. The number of carboxylic acids is 1. The Morgan fingerprint density at radius 2 is 2.31 bits per heavy atom. The van der Waals surface area contributed by atoms with Crippen molar-refractivity contribution in [2.45, 2.75) is 4.90 Å². The molecule has 0 aliphatic rings. The zero-order valence-electron chi connectivity index (χ0n) is 8.62. The lowest BCUT2D eigenvalue weighted by molar-refractivity contribution is 0.0697. The van der Waals surface area contributed by atoms with Gasteiger partial charge in [-0.15, -0.1) is 11.8 Å². The van der Waals surface area contributed by atoms with Gasteiger partial charge in [0, 0.05) is 11.1 Å². The van der Waals surface area contributed by atoms with E-state index in [9.17, 15) is 4.79 Å². The quantitative estimate of drug-likeness (QED) is 0.828. The molecule has 0 unspecified atom stereocenters. The summed E-state index contributed by atoms with van der Waals surface area (Å²) >= 11 is 1.63. The molecule has 2 aromatic rings. The maximum absolute atomic E-state index is 10.7. The topological polar surface area (TPSA) is 55.1 Å². The number of carboxylic acid groups (broad SMARTS) is 1. The van der Waals surface area contributed by atoms with Crippen LogP contribution >= 0.6 is 11.8 Å². The summed E-state index contributed by atoms with van der Waals surface area (Å²) in [6, 6.07) is 7.76. The van der Waals surface area contributed by atoms with Gasteiger partial charge in [0.2, 0.25) is 0 Å². The van der Waals surface area contributed by atoms with Gasteiger partial charge in [-0.2, -0.15) is 5.10 Å². The molecule has 1 aromatic heterocycles. The Morgan fingerprint density at radius 1 is 1.50 bits per heavy atom. The normalized spacial score (nSPS) is 10.3. The first-order valence-electron chi connectivity index (χ1n) is 4.63. The van der Waals surface area contributed by atoms with Gasteiger partial charge >= 0.3 is 5.97 Å². The van der Waals surface area contributed by atoms with Crippen molar-refractivity contribution >= 4 is 17.7 Å². The lowest BCUT2D eigenvalue weighted by Gasteiger charge is -2.02. The van der Waals surface area contributed by atoms with Crippen molar-refractivity contribution < 1.29 is 9.90 Å². The maximum Gasteiger partial charge on any atom is 0.338 e. The van der Waals surface area contributed by atoms with Crippen molar-refractivity contribution in [1.29, 1.82) is 0 Å². The van der Waals surface area contributed by atoms with E-state index < -0.39 is 5.97 Å². The summed E-state index contributed by atoms with van der Waals surface area (Å²) in [4.78, 5) is 11.8. The van der Waals surface area contributed by atoms with Gasteiger partial charge < -0.3 is 5.11 Å². The Kier molecular flexibility index (Phi) is 2.96. The van der Waals surface area contributed by atoms with Gasteiger partial charge in [0.15, 0.2) is 0 Å². The minimum Gasteiger partial charge on any atom is -0.478 e. The highest BCUT2D eigenvalue weighted by molar-refractivity contribution is 7.98. The number of aromatic nitrogens is 2. The number of aromatic carboxylic acids is 1. The molecule has 1 aromatic carbocycles. The van der Waals surface area contributed by atoms with E-state index in [0.29, 0.717) is 0 Å². The van der Waals surface area contributed by atoms with Crippen LogP contribution in [0.5, 0.6) is 0 Å². The van der Waals surface area contributed by atoms with Crippen LogP contribution in [0.3, 0.4) is 0 Å². The van der Waals surface area contributed by atoms with Crippen LogP contribution in [-0.2, 0) is 0 Å². The lowest BCUT2D eigenvalue weighted by atomic mass is 10.3. The molecule has 0 spiro atoms. The predicted octanol–water partition coefficient (Wildman–Crippen LogP) is 2.29. The summed E-state index contributed by atoms with van der Waals surface area (Å²) in [5.41, 5.74) is 1.05. The summed E-state index contributed by atoms with van der Waals surface area (Å²) < 4.78 is 1.56. The SMILES string of the molecule is CSc1cccc(-n2cc(C(=O)O)cn2)c1. The minimum absolute atomic E-state index is 0.189. The fraction of sp³-hybridized carbons (Fsp3) is 0.0909. The molecule has 16 heavy (non-hydrogen) atoms. The van der Waals surface area contributed by atoms with E-state index in [1.807, 2.05) is 30.5 Å². The monoisotopic (exact) mass is 234 g/mol. The van der Waals surface area contributed by atoms with Gasteiger partial charge in [-0.05, 0) is 24.5 Å². The van der Waals surface area contributed by atoms with E-state index in [1.54, 1.807) is 16.4 Å². The summed E-state index contributed by atoms with van der Waals surface area (Å²) in [5, 5.41) is 12.8. The fourth-order valence-electron chi connectivity index (χ4n) is 1.33. The average Bonchev–Trinajstić information content (AvgIpc) is 2.78. The van der Waals surface area contributed by atoms with Gasteiger partial charge in [0.25, 0.3) is 0 Å². The second kappa shape index (κ2) is 4.40. The van der Waals surface area contributed by atoms with Crippen LogP contribution in [0.2, 0.25) is 0 Å². The van der Waals surface area contributed by atoms with E-state index in [1.165, 1.54) is 12.4 Å². The third-order valence-corrected chi connectivity index (χ3v) is 2.87. The maximum atomic E-state index is 10.7. The number of hydrogen-bond acceptors (Lipinski definition) is 3. The van der Waals surface area contributed by atoms with Crippen molar-refractivity contribution in [1.82, 2.24) is 9.78 Å². The average molecular weight is 234 g/mol. The number of nitrogens with zero attached hydrogens (tertiary/aromatic N) is 2. The lowest BCUT2D eigenvalue weighted by Crippen LogP contribution is -1.95. The molecular weight excluding hydrogens is 224 g/mol. The Bertz CT molecular complexity index is 522. The first kappa shape index (κ1) is 10.8. The number of hydrogen-bond donors (Lipinski definition) is 1. The molecular formula is C11H10N2O2S. The van der Waals surface area contributed by atoms with Crippen LogP contribution in [0, 0.1) is 0 Å². The van der Waals surface area contributed by atoms with Crippen LogP contribution in [0.15, 0.2) is 41.6 Å². The predicted molar refractivity (Wildman–Crippen MR) is 62.3 cm³/mol. The summed E-state index contributed by atoms with van der Waals surface area (Å²) in [7, 11) is 0. The molecule has 2 rings (SSSR count). The molecule has 0 saturated heterocycles. The molecule has 4 nitrogen and oxygen atoms in total. The Balaban J connectivity index is 2.38. The molecule has 0 saturated carbocycles. The smallest absolute Gasteiger partial charge is 0.338 e. The van der Waals surface area contributed by atoms with Crippen molar-refractivity contribution in [2.75, 3.05) is 6.26 Å². The molecule has 1 heterocycles. The van der Waals surface area contributed by atoms with Crippen molar-refractivity contribution in [3.63, 3.8) is 0 Å². The summed E-state index contributed by atoms with van der Waals surface area (Å²) in [5.74, 6) is -0.965. The van der Waals surface area contributed by atoms with Gasteiger partial charge in [-0.25, -0.2) is 9.48 Å². The molecule has 0 atom stereocenters. The highest BCUT2D eigenvalue weighted by atomic mass is 32.2. The number of thioether (sulfide) groups is 1. The van der Waals surface area contributed by atoms with E-state index in [0.717, 1.165) is 10.6 Å². The molecule has 0 aliphatic heterocycles. The van der Waals surface area contributed by atoms with E-state index in [4.69, 9.17) is 5.11 Å². The zero-order chi connectivity index (χ0) is 11.5. The van der Waals surface area contributed by atoms with Crippen LogP contribution in [0.25, 0.3) is 5.69 Å². The Labute approximate surface area is 96.9 Å². The minimum atomic E-state index is -0.965. The second-order valence-corrected chi connectivity index (χ2v) is 4.06. The van der Waals surface area contributed by atoms with Gasteiger partial charge in [0.05, 0.1) is 17.4 Å². The van der Waals surface area contributed by atoms with Crippen LogP contribution in [0.1, 0.15) is 10.4 Å². The van der Waals surface area contributed by atoms with E-state index in [2.05, 4.69) is 5.10 Å². The first-order valence-corrected chi connectivity index (χ1v) is 5.85. The van der Waals surface area contributed by atoms with Crippen LogP contribution in [-0.4, -0.2) is 27.1 Å². The van der Waals surface area contributed by atoms with E-state index >= 15 is 0 Å². The van der Waals surface area contributed by atoms with Crippen LogP contribution in [0.4, 0.5) is 0 Å². The highest BCUT2D eigenvalue weighted by Gasteiger charge is 2.06. The third-order valence-electron chi connectivity index (χ3n) is 2.15. The van der Waals surface area contributed by atoms with Crippen molar-refractivity contribution in [2.24, 2.45) is 0 Å². The van der Waals surface area contributed by atoms with Gasteiger partial charge in [0.1, 0.15) is 0 Å². The Morgan fingerprint density at radius 3 is 2.94 bits per heavy atom. The van der Waals surface area contributed by atoms with E-state index in [-0.39, 0.29) is 5.56 Å². The second-order valence-electron chi connectivity index (χ2n) is 3.18. The van der Waals surface area contributed by atoms with Gasteiger partial charge in [-0.3, -0.25) is 0 Å². The first-order chi connectivity index (χ1) is 7.70. The number of carbonyl (C=O) groups is 1. The molecule has 0 amide bonds. The number of benzene rings is 1. The molecule has 5 heteroatoms. The molecule has 82 valence electrons. The number of rotatable bonds is 3. The van der Waals surface area contributed by atoms with Crippen LogP contribution < -0.4 is 0 Å². The zero-order valence-corrected chi connectivity index (χ0v) is 9.44. The molecule has 0 bridgehead atoms. The molecule has 0 aliphatic carbocycles. The van der Waals surface area contributed by atoms with Crippen molar-refractivity contribution in [3.8, 4) is 5.69 Å². The fourth-order valence-corrected chi connectivity index (χ4v) is 1.78. The Hall–Kier alpha value is -1.75. The summed E-state index contributed by atoms with van der Waals surface area (Å²) in [6.45, 7) is 0. The molecule has 0 fully saturated rings. The molecule has 0 radical (unpaired) electrons. The largest absolute Gasteiger partial charge is 0.478 e. The molecule has 1 N–H and O–H groups in total.